The first-order valence-corrected chi connectivity index (χ1v) is 27.8. The highest BCUT2D eigenvalue weighted by Gasteiger charge is 2.27. The highest BCUT2D eigenvalue weighted by molar-refractivity contribution is 7.47. The van der Waals surface area contributed by atoms with Crippen LogP contribution in [0.1, 0.15) is 264 Å². The van der Waals surface area contributed by atoms with Gasteiger partial charge in [0.25, 0.3) is 0 Å². The lowest BCUT2D eigenvalue weighted by molar-refractivity contribution is -0.870. The summed E-state index contributed by atoms with van der Waals surface area (Å²) in [6, 6.07) is 0. The number of phosphoric ester groups is 1. The van der Waals surface area contributed by atoms with Gasteiger partial charge in [0, 0.05) is 12.8 Å². The number of hydrogen-bond acceptors (Lipinski definition) is 7. The topological polar surface area (TPSA) is 108 Å². The maximum atomic E-state index is 12.7. The third kappa shape index (κ3) is 48.3. The normalized spacial score (nSPS) is 13.3. The number of nitrogens with zero attached hydrogens (tertiary/aromatic N) is 1. The summed E-state index contributed by atoms with van der Waals surface area (Å²) >= 11 is 0. The zero-order valence-corrected chi connectivity index (χ0v) is 42.1. The highest BCUT2D eigenvalue weighted by Crippen LogP contribution is 2.43. The molecule has 0 radical (unpaired) electrons. The van der Waals surface area contributed by atoms with Gasteiger partial charge in [0.05, 0.1) is 27.7 Å². The fourth-order valence-electron chi connectivity index (χ4n) is 7.78. The van der Waals surface area contributed by atoms with Crippen LogP contribution in [0.4, 0.5) is 0 Å². The van der Waals surface area contributed by atoms with Gasteiger partial charge in [0.15, 0.2) is 6.10 Å². The lowest BCUT2D eigenvalue weighted by atomic mass is 10.0. The van der Waals surface area contributed by atoms with Crippen LogP contribution < -0.4 is 0 Å². The smallest absolute Gasteiger partial charge is 0.462 e. The van der Waals surface area contributed by atoms with E-state index in [2.05, 4.69) is 13.8 Å². The summed E-state index contributed by atoms with van der Waals surface area (Å²) in [6.07, 6.45) is 47.2. The molecule has 0 bridgehead atoms. The Bertz CT molecular complexity index is 1010. The van der Waals surface area contributed by atoms with Gasteiger partial charge < -0.3 is 18.9 Å². The van der Waals surface area contributed by atoms with E-state index in [1.807, 2.05) is 21.1 Å². The second-order valence-electron chi connectivity index (χ2n) is 19.3. The Morgan fingerprint density at radius 3 is 1.05 bits per heavy atom. The van der Waals surface area contributed by atoms with E-state index in [-0.39, 0.29) is 25.6 Å². The molecule has 0 aromatic rings. The third-order valence-electron chi connectivity index (χ3n) is 11.9. The van der Waals surface area contributed by atoms with Crippen LogP contribution in [0.2, 0.25) is 0 Å². The minimum Gasteiger partial charge on any atom is -0.462 e. The molecule has 0 aliphatic carbocycles. The summed E-state index contributed by atoms with van der Waals surface area (Å²) in [5.74, 6) is -0.776. The fourth-order valence-corrected chi connectivity index (χ4v) is 8.52. The standard InChI is InChI=1S/C51H102NO8P/c1-6-8-10-12-14-16-18-20-22-24-25-26-28-29-31-33-35-37-39-41-43-50(53)57-47-49(48-59-61(55,56)58-46-45-52(3,4)5)60-51(54)44-42-40-38-36-34-32-30-27-23-21-19-17-15-13-11-9-7-2/h49H,6-48H2,1-5H3/p+1/t49-/m1/s1. The highest BCUT2D eigenvalue weighted by atomic mass is 31.2. The average molecular weight is 889 g/mol. The number of phosphoric acid groups is 1. The molecule has 0 amide bonds. The second-order valence-corrected chi connectivity index (χ2v) is 20.7. The van der Waals surface area contributed by atoms with Crippen molar-refractivity contribution in [3.63, 3.8) is 0 Å². The number of unbranched alkanes of at least 4 members (excludes halogenated alkanes) is 35. The molecule has 61 heavy (non-hydrogen) atoms. The molecule has 1 N–H and O–H groups in total. The third-order valence-corrected chi connectivity index (χ3v) is 12.9. The average Bonchev–Trinajstić information content (AvgIpc) is 3.21. The summed E-state index contributed by atoms with van der Waals surface area (Å²) in [5, 5.41) is 0. The van der Waals surface area contributed by atoms with Crippen molar-refractivity contribution in [1.29, 1.82) is 0 Å². The molecule has 2 atom stereocenters. The van der Waals surface area contributed by atoms with Crippen molar-refractivity contribution in [2.75, 3.05) is 47.5 Å². The fraction of sp³-hybridized carbons (Fsp3) is 0.961. The molecule has 0 aliphatic rings. The first kappa shape index (κ1) is 60.0. The number of ether oxygens (including phenoxy) is 2. The maximum Gasteiger partial charge on any atom is 0.472 e. The zero-order valence-electron chi connectivity index (χ0n) is 41.2. The van der Waals surface area contributed by atoms with Crippen molar-refractivity contribution in [3.05, 3.63) is 0 Å². The Balaban J connectivity index is 4.18. The van der Waals surface area contributed by atoms with Crippen LogP contribution in [0.25, 0.3) is 0 Å². The van der Waals surface area contributed by atoms with Crippen molar-refractivity contribution in [1.82, 2.24) is 0 Å². The quantitative estimate of drug-likeness (QED) is 0.0278. The van der Waals surface area contributed by atoms with Crippen molar-refractivity contribution in [2.24, 2.45) is 0 Å². The summed E-state index contributed by atoms with van der Waals surface area (Å²) in [7, 11) is 1.50. The van der Waals surface area contributed by atoms with Crippen LogP contribution in [0.3, 0.4) is 0 Å². The van der Waals surface area contributed by atoms with Crippen molar-refractivity contribution >= 4 is 19.8 Å². The molecule has 0 aliphatic heterocycles. The molecule has 364 valence electrons. The Kier molecular flexibility index (Phi) is 43.5. The van der Waals surface area contributed by atoms with Crippen molar-refractivity contribution in [3.8, 4) is 0 Å². The van der Waals surface area contributed by atoms with E-state index < -0.39 is 26.5 Å². The van der Waals surface area contributed by atoms with Crippen LogP contribution in [0.15, 0.2) is 0 Å². The summed E-state index contributed by atoms with van der Waals surface area (Å²) in [5.41, 5.74) is 0. The molecular formula is C51H103NO8P+. The minimum atomic E-state index is -4.37. The molecule has 0 saturated heterocycles. The van der Waals surface area contributed by atoms with Gasteiger partial charge in [-0.3, -0.25) is 18.6 Å². The van der Waals surface area contributed by atoms with Gasteiger partial charge in [-0.15, -0.1) is 0 Å². The van der Waals surface area contributed by atoms with Crippen molar-refractivity contribution < 1.29 is 42.1 Å². The monoisotopic (exact) mass is 889 g/mol. The Hall–Kier alpha value is -0.990. The van der Waals surface area contributed by atoms with Gasteiger partial charge in [0.1, 0.15) is 19.8 Å². The number of likely N-dealkylation sites (N-methyl/N-ethyl adjacent to an activating group) is 1. The van der Waals surface area contributed by atoms with E-state index in [1.54, 1.807) is 0 Å². The second kappa shape index (κ2) is 44.2. The van der Waals surface area contributed by atoms with Gasteiger partial charge >= 0.3 is 19.8 Å². The molecule has 10 heteroatoms. The molecule has 9 nitrogen and oxygen atoms in total. The molecule has 0 saturated carbocycles. The van der Waals surface area contributed by atoms with Crippen LogP contribution in [-0.4, -0.2) is 74.9 Å². The predicted molar refractivity (Wildman–Crippen MR) is 257 cm³/mol. The van der Waals surface area contributed by atoms with Crippen LogP contribution in [0, 0.1) is 0 Å². The number of quaternary nitrogens is 1. The van der Waals surface area contributed by atoms with E-state index in [0.29, 0.717) is 17.4 Å². The summed E-state index contributed by atoms with van der Waals surface area (Å²) in [4.78, 5) is 35.5. The Morgan fingerprint density at radius 1 is 0.443 bits per heavy atom. The molecule has 0 aromatic heterocycles. The van der Waals surface area contributed by atoms with Crippen LogP contribution in [-0.2, 0) is 32.7 Å². The lowest BCUT2D eigenvalue weighted by Gasteiger charge is -2.24. The van der Waals surface area contributed by atoms with E-state index in [4.69, 9.17) is 18.5 Å². The van der Waals surface area contributed by atoms with Crippen LogP contribution >= 0.6 is 7.82 Å². The SMILES string of the molecule is CCCCCCCCCCCCCCCCCCCCCCC(=O)OC[C@H](COP(=O)(O)OCC[N+](C)(C)C)OC(=O)CCCCCCCCCCCCCCCCCCC. The molecule has 0 rings (SSSR count). The van der Waals surface area contributed by atoms with E-state index >= 15 is 0 Å². The molecule has 0 fully saturated rings. The molecular weight excluding hydrogens is 786 g/mol. The summed E-state index contributed by atoms with van der Waals surface area (Å²) < 4.78 is 34.5. The van der Waals surface area contributed by atoms with E-state index in [9.17, 15) is 19.0 Å². The molecule has 1 unspecified atom stereocenters. The lowest BCUT2D eigenvalue weighted by Crippen LogP contribution is -2.37. The Labute approximate surface area is 378 Å². The summed E-state index contributed by atoms with van der Waals surface area (Å²) in [6.45, 7) is 4.49. The predicted octanol–water partition coefficient (Wildman–Crippen LogP) is 15.5. The zero-order chi connectivity index (χ0) is 45.0. The number of hydrogen-bond donors (Lipinski definition) is 1. The van der Waals surface area contributed by atoms with Gasteiger partial charge in [-0.2, -0.15) is 0 Å². The number of carbonyl (C=O) groups excluding carboxylic acids is 2. The number of esters is 2. The van der Waals surface area contributed by atoms with Gasteiger partial charge in [-0.25, -0.2) is 4.57 Å². The molecule has 0 spiro atoms. The maximum absolute atomic E-state index is 12.7. The Morgan fingerprint density at radius 2 is 0.738 bits per heavy atom. The first-order valence-electron chi connectivity index (χ1n) is 26.3. The molecule has 0 aromatic carbocycles. The van der Waals surface area contributed by atoms with E-state index in [0.717, 1.165) is 38.5 Å². The number of rotatable bonds is 49. The van der Waals surface area contributed by atoms with E-state index in [1.165, 1.54) is 199 Å². The van der Waals surface area contributed by atoms with Crippen LogP contribution in [0.5, 0.6) is 0 Å². The van der Waals surface area contributed by atoms with Crippen molar-refractivity contribution in [2.45, 2.75) is 270 Å². The first-order chi connectivity index (χ1) is 29.5. The number of carbonyl (C=O) groups is 2. The minimum absolute atomic E-state index is 0.0372. The van der Waals surface area contributed by atoms with Gasteiger partial charge in [0.2, 0.25) is 0 Å². The van der Waals surface area contributed by atoms with Gasteiger partial charge in [-0.1, -0.05) is 239 Å². The van der Waals surface area contributed by atoms with Gasteiger partial charge in [-0.05, 0) is 12.8 Å². The molecule has 0 heterocycles. The largest absolute Gasteiger partial charge is 0.472 e.